The molecule has 0 spiro atoms. The fourth-order valence-corrected chi connectivity index (χ4v) is 3.57. The van der Waals surface area contributed by atoms with Crippen molar-refractivity contribution in [2.45, 2.75) is 31.8 Å². The normalized spacial score (nSPS) is 11.0. The number of methoxy groups -OCH3 is 1. The number of rotatable bonds is 9. The number of hydrogen-bond acceptors (Lipinski definition) is 6. The standard InChI is InChI=1S/C20H24N2O6S/c1-14-4-9-19(27-3)16(12-14)13-28-20(24)10-11-21-29(25,26)18-7-5-17(6-8-18)22-15(2)23/h4-9,12,21H,10-11,13H2,1-3H3,(H,22,23). The quantitative estimate of drug-likeness (QED) is 0.603. The summed E-state index contributed by atoms with van der Waals surface area (Å²) < 4.78 is 37.4. The minimum Gasteiger partial charge on any atom is -0.496 e. The second-order valence-electron chi connectivity index (χ2n) is 6.33. The van der Waals surface area contributed by atoms with Gasteiger partial charge in [0.1, 0.15) is 12.4 Å². The van der Waals surface area contributed by atoms with Crippen LogP contribution in [0.3, 0.4) is 0 Å². The number of benzene rings is 2. The Labute approximate surface area is 170 Å². The van der Waals surface area contributed by atoms with Crippen LogP contribution in [0.15, 0.2) is 47.4 Å². The first-order valence-corrected chi connectivity index (χ1v) is 10.4. The van der Waals surface area contributed by atoms with Crippen LogP contribution in [0.1, 0.15) is 24.5 Å². The van der Waals surface area contributed by atoms with Crippen molar-refractivity contribution in [3.63, 3.8) is 0 Å². The van der Waals surface area contributed by atoms with E-state index in [0.29, 0.717) is 11.4 Å². The van der Waals surface area contributed by atoms with Crippen LogP contribution in [0, 0.1) is 6.92 Å². The number of sulfonamides is 1. The molecule has 2 aromatic carbocycles. The fourth-order valence-electron chi connectivity index (χ4n) is 2.54. The number of nitrogens with one attached hydrogen (secondary N) is 2. The van der Waals surface area contributed by atoms with E-state index in [0.717, 1.165) is 11.1 Å². The molecule has 2 aromatic rings. The van der Waals surface area contributed by atoms with Gasteiger partial charge in [0.2, 0.25) is 15.9 Å². The molecule has 2 rings (SSSR count). The van der Waals surface area contributed by atoms with E-state index in [1.165, 1.54) is 38.3 Å². The Balaban J connectivity index is 1.84. The van der Waals surface area contributed by atoms with Crippen molar-refractivity contribution < 1.29 is 27.5 Å². The first kappa shape index (κ1) is 22.4. The molecule has 0 bridgehead atoms. The minimum absolute atomic E-state index is 0.0319. The summed E-state index contributed by atoms with van der Waals surface area (Å²) in [6.07, 6.45) is -0.114. The molecule has 8 nitrogen and oxygen atoms in total. The van der Waals surface area contributed by atoms with Gasteiger partial charge in [0.25, 0.3) is 0 Å². The third kappa shape index (κ3) is 6.88. The minimum atomic E-state index is -3.78. The lowest BCUT2D eigenvalue weighted by molar-refractivity contribution is -0.144. The van der Waals surface area contributed by atoms with Crippen LogP contribution in [0.25, 0.3) is 0 Å². The molecule has 0 aliphatic heterocycles. The van der Waals surface area contributed by atoms with Gasteiger partial charge in [0.15, 0.2) is 0 Å². The molecule has 0 saturated heterocycles. The van der Waals surface area contributed by atoms with E-state index < -0.39 is 16.0 Å². The van der Waals surface area contributed by atoms with E-state index in [1.54, 1.807) is 6.07 Å². The van der Waals surface area contributed by atoms with Crippen molar-refractivity contribution in [2.75, 3.05) is 19.0 Å². The van der Waals surface area contributed by atoms with E-state index in [1.807, 2.05) is 19.1 Å². The number of ether oxygens (including phenoxy) is 2. The first-order valence-electron chi connectivity index (χ1n) is 8.88. The van der Waals surface area contributed by atoms with Gasteiger partial charge in [-0.3, -0.25) is 9.59 Å². The first-order chi connectivity index (χ1) is 13.7. The summed E-state index contributed by atoms with van der Waals surface area (Å²) in [6.45, 7) is 3.23. The topological polar surface area (TPSA) is 111 Å². The number of aryl methyl sites for hydroxylation is 1. The molecule has 1 amide bonds. The van der Waals surface area contributed by atoms with E-state index in [9.17, 15) is 18.0 Å². The van der Waals surface area contributed by atoms with Gasteiger partial charge in [-0.2, -0.15) is 0 Å². The fraction of sp³-hybridized carbons (Fsp3) is 0.300. The smallest absolute Gasteiger partial charge is 0.307 e. The summed E-state index contributed by atoms with van der Waals surface area (Å²) in [7, 11) is -2.24. The zero-order chi connectivity index (χ0) is 21.4. The lowest BCUT2D eigenvalue weighted by Gasteiger charge is -2.11. The molecule has 2 N–H and O–H groups in total. The zero-order valence-corrected chi connectivity index (χ0v) is 17.3. The highest BCUT2D eigenvalue weighted by Crippen LogP contribution is 2.20. The number of carbonyl (C=O) groups excluding carboxylic acids is 2. The van der Waals surface area contributed by atoms with E-state index in [-0.39, 0.29) is 30.4 Å². The zero-order valence-electron chi connectivity index (χ0n) is 16.5. The highest BCUT2D eigenvalue weighted by molar-refractivity contribution is 7.89. The highest BCUT2D eigenvalue weighted by atomic mass is 32.2. The maximum Gasteiger partial charge on any atom is 0.307 e. The Morgan fingerprint density at radius 1 is 1.07 bits per heavy atom. The Morgan fingerprint density at radius 3 is 2.38 bits per heavy atom. The van der Waals surface area contributed by atoms with Crippen molar-refractivity contribution >= 4 is 27.6 Å². The molecule has 0 heterocycles. The number of esters is 1. The molecule has 29 heavy (non-hydrogen) atoms. The van der Waals surface area contributed by atoms with Crippen molar-refractivity contribution in [3.05, 3.63) is 53.6 Å². The maximum absolute atomic E-state index is 12.3. The van der Waals surface area contributed by atoms with Crippen molar-refractivity contribution in [1.82, 2.24) is 4.72 Å². The Bertz CT molecular complexity index is 971. The average molecular weight is 420 g/mol. The number of amides is 1. The Kier molecular flexibility index (Phi) is 7.74. The van der Waals surface area contributed by atoms with Crippen LogP contribution in [-0.4, -0.2) is 33.9 Å². The largest absolute Gasteiger partial charge is 0.496 e. The molecule has 0 saturated carbocycles. The number of anilines is 1. The summed E-state index contributed by atoms with van der Waals surface area (Å²) in [6, 6.07) is 11.3. The molecule has 0 fully saturated rings. The molecule has 0 atom stereocenters. The molecule has 0 aliphatic rings. The predicted octanol–water partition coefficient (Wildman–Crippen LogP) is 2.37. The highest BCUT2D eigenvalue weighted by Gasteiger charge is 2.15. The van der Waals surface area contributed by atoms with Gasteiger partial charge in [-0.25, -0.2) is 13.1 Å². The van der Waals surface area contributed by atoms with Crippen LogP contribution >= 0.6 is 0 Å². The summed E-state index contributed by atoms with van der Waals surface area (Å²) in [5, 5.41) is 2.56. The van der Waals surface area contributed by atoms with Gasteiger partial charge >= 0.3 is 5.97 Å². The van der Waals surface area contributed by atoms with Gasteiger partial charge in [0, 0.05) is 24.7 Å². The predicted molar refractivity (Wildman–Crippen MR) is 108 cm³/mol. The van der Waals surface area contributed by atoms with Gasteiger partial charge < -0.3 is 14.8 Å². The van der Waals surface area contributed by atoms with Crippen LogP contribution < -0.4 is 14.8 Å². The molecule has 156 valence electrons. The lowest BCUT2D eigenvalue weighted by Crippen LogP contribution is -2.26. The Morgan fingerprint density at radius 2 is 1.76 bits per heavy atom. The summed E-state index contributed by atoms with van der Waals surface area (Å²) in [4.78, 5) is 23.0. The van der Waals surface area contributed by atoms with Crippen LogP contribution in [0.2, 0.25) is 0 Å². The van der Waals surface area contributed by atoms with Crippen molar-refractivity contribution in [1.29, 1.82) is 0 Å². The van der Waals surface area contributed by atoms with Crippen molar-refractivity contribution in [2.24, 2.45) is 0 Å². The molecule has 0 aromatic heterocycles. The SMILES string of the molecule is COc1ccc(C)cc1COC(=O)CCNS(=O)(=O)c1ccc(NC(C)=O)cc1. The lowest BCUT2D eigenvalue weighted by atomic mass is 10.1. The monoisotopic (exact) mass is 420 g/mol. The third-order valence-electron chi connectivity index (χ3n) is 3.93. The molecular formula is C20H24N2O6S. The maximum atomic E-state index is 12.3. The number of hydrogen-bond donors (Lipinski definition) is 2. The molecule has 0 radical (unpaired) electrons. The summed E-state index contributed by atoms with van der Waals surface area (Å²) in [5.41, 5.74) is 2.24. The van der Waals surface area contributed by atoms with E-state index in [4.69, 9.17) is 9.47 Å². The number of carbonyl (C=O) groups is 2. The Hall–Kier alpha value is -2.91. The van der Waals surface area contributed by atoms with Crippen LogP contribution in [0.5, 0.6) is 5.75 Å². The van der Waals surface area contributed by atoms with Gasteiger partial charge in [-0.1, -0.05) is 11.6 Å². The second-order valence-corrected chi connectivity index (χ2v) is 8.10. The average Bonchev–Trinajstić information content (AvgIpc) is 2.66. The summed E-state index contributed by atoms with van der Waals surface area (Å²) >= 11 is 0. The van der Waals surface area contributed by atoms with Gasteiger partial charge in [-0.05, 0) is 43.3 Å². The summed E-state index contributed by atoms with van der Waals surface area (Å²) in [5.74, 6) is -0.162. The van der Waals surface area contributed by atoms with Gasteiger partial charge in [0.05, 0.1) is 18.4 Å². The molecule has 9 heteroatoms. The third-order valence-corrected chi connectivity index (χ3v) is 5.41. The second kappa shape index (κ2) is 10.0. The van der Waals surface area contributed by atoms with Crippen molar-refractivity contribution in [3.8, 4) is 5.75 Å². The van der Waals surface area contributed by atoms with E-state index >= 15 is 0 Å². The van der Waals surface area contributed by atoms with Gasteiger partial charge in [-0.15, -0.1) is 0 Å². The molecule has 0 unspecified atom stereocenters. The molecule has 0 aliphatic carbocycles. The van der Waals surface area contributed by atoms with Crippen LogP contribution in [0.4, 0.5) is 5.69 Å². The molecular weight excluding hydrogens is 396 g/mol. The van der Waals surface area contributed by atoms with Crippen LogP contribution in [-0.2, 0) is 31.0 Å². The van der Waals surface area contributed by atoms with E-state index in [2.05, 4.69) is 10.0 Å².